The number of hydrogen-bond acceptors (Lipinski definition) is 5. The van der Waals surface area contributed by atoms with Crippen LogP contribution in [0.15, 0.2) is 18.2 Å². The van der Waals surface area contributed by atoms with Crippen LogP contribution < -0.4 is 5.32 Å². The highest BCUT2D eigenvalue weighted by molar-refractivity contribution is 6.33. The van der Waals surface area contributed by atoms with Crippen LogP contribution >= 0.6 is 11.6 Å². The number of nitro groups is 1. The van der Waals surface area contributed by atoms with Crippen LogP contribution in [0, 0.1) is 10.1 Å². The van der Waals surface area contributed by atoms with Crippen LogP contribution in [0.25, 0.3) is 0 Å². The lowest BCUT2D eigenvalue weighted by Gasteiger charge is -2.07. The summed E-state index contributed by atoms with van der Waals surface area (Å²) in [5, 5.41) is 13.3. The fraction of sp³-hybridized carbons (Fsp3) is 0.364. The maximum Gasteiger partial charge on any atom is 0.271 e. The van der Waals surface area contributed by atoms with Gasteiger partial charge in [-0.2, -0.15) is 0 Å². The zero-order valence-electron chi connectivity index (χ0n) is 10.2. The molecule has 0 aliphatic rings. The molecule has 0 atom stereocenters. The molecule has 0 aliphatic heterocycles. The normalized spacial score (nSPS) is 10.2. The predicted octanol–water partition coefficient (Wildman–Crippen LogP) is 1.85. The number of carbonyl (C=O) groups is 1. The summed E-state index contributed by atoms with van der Waals surface area (Å²) >= 11 is 5.83. The molecular weight excluding hydrogens is 276 g/mol. The van der Waals surface area contributed by atoms with Crippen LogP contribution in [-0.2, 0) is 14.3 Å². The van der Waals surface area contributed by atoms with Crippen molar-refractivity contribution in [2.75, 3.05) is 32.2 Å². The number of amides is 1. The highest BCUT2D eigenvalue weighted by Crippen LogP contribution is 2.26. The van der Waals surface area contributed by atoms with Crippen LogP contribution in [0.4, 0.5) is 11.4 Å². The Morgan fingerprint density at radius 2 is 2.21 bits per heavy atom. The fourth-order valence-electron chi connectivity index (χ4n) is 1.22. The second kappa shape index (κ2) is 7.67. The molecule has 0 fully saturated rings. The number of methoxy groups -OCH3 is 1. The first kappa shape index (κ1) is 15.4. The van der Waals surface area contributed by atoms with Crippen molar-refractivity contribution < 1.29 is 19.2 Å². The molecular formula is C11H13ClN2O5. The number of ether oxygens (including phenoxy) is 2. The van der Waals surface area contributed by atoms with E-state index in [1.54, 1.807) is 0 Å². The zero-order valence-corrected chi connectivity index (χ0v) is 11.0. The third-order valence-corrected chi connectivity index (χ3v) is 2.43. The first-order valence-corrected chi connectivity index (χ1v) is 5.73. The Balaban J connectivity index is 2.58. The Morgan fingerprint density at radius 3 is 2.84 bits per heavy atom. The molecule has 8 heteroatoms. The van der Waals surface area contributed by atoms with E-state index in [1.165, 1.54) is 25.3 Å². The van der Waals surface area contributed by atoms with Crippen molar-refractivity contribution in [1.29, 1.82) is 0 Å². The largest absolute Gasteiger partial charge is 0.382 e. The minimum Gasteiger partial charge on any atom is -0.382 e. The van der Waals surface area contributed by atoms with Crippen molar-refractivity contribution in [3.63, 3.8) is 0 Å². The van der Waals surface area contributed by atoms with Gasteiger partial charge in [-0.15, -0.1) is 0 Å². The number of halogens is 1. The van der Waals surface area contributed by atoms with Gasteiger partial charge in [0.05, 0.1) is 28.8 Å². The van der Waals surface area contributed by atoms with E-state index in [1.807, 2.05) is 0 Å². The van der Waals surface area contributed by atoms with Gasteiger partial charge < -0.3 is 14.8 Å². The summed E-state index contributed by atoms with van der Waals surface area (Å²) < 4.78 is 9.76. The molecule has 0 bridgehead atoms. The average Bonchev–Trinajstić information content (AvgIpc) is 2.37. The molecule has 1 amide bonds. The second-order valence-electron chi connectivity index (χ2n) is 3.51. The Bertz CT molecular complexity index is 466. The van der Waals surface area contributed by atoms with Gasteiger partial charge in [-0.3, -0.25) is 14.9 Å². The second-order valence-corrected chi connectivity index (χ2v) is 3.92. The molecule has 19 heavy (non-hydrogen) atoms. The molecule has 0 aliphatic carbocycles. The van der Waals surface area contributed by atoms with E-state index in [0.717, 1.165) is 0 Å². The molecule has 0 spiro atoms. The van der Waals surface area contributed by atoms with Crippen LogP contribution in [-0.4, -0.2) is 37.8 Å². The Labute approximate surface area is 114 Å². The number of carbonyl (C=O) groups excluding carboxylic acids is 1. The van der Waals surface area contributed by atoms with Crippen LogP contribution in [0.2, 0.25) is 5.02 Å². The van der Waals surface area contributed by atoms with Crippen LogP contribution in [0.5, 0.6) is 0 Å². The fourth-order valence-corrected chi connectivity index (χ4v) is 1.38. The van der Waals surface area contributed by atoms with E-state index in [0.29, 0.717) is 6.61 Å². The number of non-ortho nitro benzene ring substituents is 1. The van der Waals surface area contributed by atoms with E-state index >= 15 is 0 Å². The van der Waals surface area contributed by atoms with Gasteiger partial charge >= 0.3 is 0 Å². The predicted molar refractivity (Wildman–Crippen MR) is 69.4 cm³/mol. The summed E-state index contributed by atoms with van der Waals surface area (Å²) in [5.41, 5.74) is 0.0243. The van der Waals surface area contributed by atoms with Gasteiger partial charge in [0, 0.05) is 19.2 Å². The lowest BCUT2D eigenvalue weighted by molar-refractivity contribution is -0.384. The summed E-state index contributed by atoms with van der Waals surface area (Å²) in [6.45, 7) is 0.486. The summed E-state index contributed by atoms with van der Waals surface area (Å²) in [6.07, 6.45) is 0. The Kier molecular flexibility index (Phi) is 6.20. The summed E-state index contributed by atoms with van der Waals surface area (Å²) in [7, 11) is 1.52. The smallest absolute Gasteiger partial charge is 0.271 e. The third-order valence-electron chi connectivity index (χ3n) is 2.10. The summed E-state index contributed by atoms with van der Waals surface area (Å²) in [6, 6.07) is 3.80. The van der Waals surface area contributed by atoms with Gasteiger partial charge in [0.25, 0.3) is 5.69 Å². The van der Waals surface area contributed by atoms with Gasteiger partial charge in [0.2, 0.25) is 5.91 Å². The number of anilines is 1. The van der Waals surface area contributed by atoms with Crippen molar-refractivity contribution in [2.45, 2.75) is 0 Å². The quantitative estimate of drug-likeness (QED) is 0.470. The van der Waals surface area contributed by atoms with Gasteiger partial charge in [-0.1, -0.05) is 11.6 Å². The Morgan fingerprint density at radius 1 is 1.47 bits per heavy atom. The lowest BCUT2D eigenvalue weighted by Crippen LogP contribution is -2.19. The molecule has 104 valence electrons. The SMILES string of the molecule is COCCOCC(=O)Nc1cc([N+](=O)[O-])ccc1Cl. The number of nitrogens with one attached hydrogen (secondary N) is 1. The topological polar surface area (TPSA) is 90.7 Å². The van der Waals surface area contributed by atoms with E-state index in [-0.39, 0.29) is 29.6 Å². The maximum absolute atomic E-state index is 11.5. The van der Waals surface area contributed by atoms with Gasteiger partial charge in [0.1, 0.15) is 6.61 Å². The first-order chi connectivity index (χ1) is 9.04. The van der Waals surface area contributed by atoms with Crippen molar-refractivity contribution >= 4 is 28.9 Å². The number of nitro benzene ring substituents is 1. The molecule has 1 aromatic rings. The highest BCUT2D eigenvalue weighted by Gasteiger charge is 2.12. The molecule has 0 heterocycles. The third kappa shape index (κ3) is 5.21. The number of rotatable bonds is 7. The average molecular weight is 289 g/mol. The van der Waals surface area contributed by atoms with Crippen molar-refractivity contribution in [2.24, 2.45) is 0 Å². The molecule has 7 nitrogen and oxygen atoms in total. The Hall–Kier alpha value is -1.70. The molecule has 1 N–H and O–H groups in total. The molecule has 0 unspecified atom stereocenters. The minimum absolute atomic E-state index is 0.153. The van der Waals surface area contributed by atoms with E-state index < -0.39 is 10.8 Å². The standard InChI is InChI=1S/C11H13ClN2O5/c1-18-4-5-19-7-11(15)13-10-6-8(14(16)17)2-3-9(10)12/h2-3,6H,4-5,7H2,1H3,(H,13,15). The molecule has 1 aromatic carbocycles. The summed E-state index contributed by atoms with van der Waals surface area (Å²) in [4.78, 5) is 21.5. The molecule has 0 radical (unpaired) electrons. The van der Waals surface area contributed by atoms with Gasteiger partial charge in [-0.25, -0.2) is 0 Å². The molecule has 1 rings (SSSR count). The number of benzene rings is 1. The highest BCUT2D eigenvalue weighted by atomic mass is 35.5. The molecule has 0 aromatic heterocycles. The van der Waals surface area contributed by atoms with Crippen LogP contribution in [0.1, 0.15) is 0 Å². The van der Waals surface area contributed by atoms with E-state index in [4.69, 9.17) is 21.1 Å². The summed E-state index contributed by atoms with van der Waals surface area (Å²) in [5.74, 6) is -0.446. The van der Waals surface area contributed by atoms with Crippen molar-refractivity contribution in [3.05, 3.63) is 33.3 Å². The van der Waals surface area contributed by atoms with Gasteiger partial charge in [0.15, 0.2) is 0 Å². The van der Waals surface area contributed by atoms with Crippen LogP contribution in [0.3, 0.4) is 0 Å². The molecule has 0 saturated carbocycles. The molecule has 0 saturated heterocycles. The van der Waals surface area contributed by atoms with Gasteiger partial charge in [-0.05, 0) is 6.07 Å². The zero-order chi connectivity index (χ0) is 14.3. The van der Waals surface area contributed by atoms with E-state index in [2.05, 4.69) is 5.32 Å². The number of nitrogens with zero attached hydrogens (tertiary/aromatic N) is 1. The maximum atomic E-state index is 11.5. The number of hydrogen-bond donors (Lipinski definition) is 1. The van der Waals surface area contributed by atoms with Crippen molar-refractivity contribution in [1.82, 2.24) is 0 Å². The first-order valence-electron chi connectivity index (χ1n) is 5.35. The van der Waals surface area contributed by atoms with E-state index in [9.17, 15) is 14.9 Å². The lowest BCUT2D eigenvalue weighted by atomic mass is 10.3. The minimum atomic E-state index is -0.568. The monoisotopic (exact) mass is 288 g/mol. The van der Waals surface area contributed by atoms with Crippen molar-refractivity contribution in [3.8, 4) is 0 Å².